The lowest BCUT2D eigenvalue weighted by Crippen LogP contribution is -2.12. The zero-order valence-corrected chi connectivity index (χ0v) is 29.7. The summed E-state index contributed by atoms with van der Waals surface area (Å²) in [7, 11) is 0. The highest BCUT2D eigenvalue weighted by atomic mass is 16.4. The van der Waals surface area contributed by atoms with Gasteiger partial charge in [0.2, 0.25) is 5.89 Å². The van der Waals surface area contributed by atoms with E-state index in [1.54, 1.807) is 0 Å². The highest BCUT2D eigenvalue weighted by Crippen LogP contribution is 2.49. The molecular formula is C51H32N2O2. The number of aromatic nitrogens is 1. The summed E-state index contributed by atoms with van der Waals surface area (Å²) in [5.74, 6) is 0.559. The SMILES string of the molecule is c1ccc(-c2nc3c(N(c4ccc(-c5cc6ccccc6c6ccccc56)cc4)c4ccccc4-c4ccccc4)c4oc5ccccc5c4cc3o2)cc1. The van der Waals surface area contributed by atoms with E-state index in [-0.39, 0.29) is 0 Å². The van der Waals surface area contributed by atoms with Crippen LogP contribution in [-0.4, -0.2) is 4.98 Å². The van der Waals surface area contributed by atoms with Crippen LogP contribution < -0.4 is 4.90 Å². The highest BCUT2D eigenvalue weighted by molar-refractivity contribution is 6.18. The third-order valence-corrected chi connectivity index (χ3v) is 10.7. The topological polar surface area (TPSA) is 42.4 Å². The fourth-order valence-corrected chi connectivity index (χ4v) is 8.14. The van der Waals surface area contributed by atoms with Crippen LogP contribution in [0.5, 0.6) is 0 Å². The smallest absolute Gasteiger partial charge is 0.227 e. The number of rotatable bonds is 6. The molecule has 0 atom stereocenters. The van der Waals surface area contributed by atoms with Crippen molar-refractivity contribution in [2.45, 2.75) is 0 Å². The van der Waals surface area contributed by atoms with Crippen LogP contribution in [0, 0.1) is 0 Å². The summed E-state index contributed by atoms with van der Waals surface area (Å²) in [4.78, 5) is 7.54. The molecular weight excluding hydrogens is 673 g/mol. The van der Waals surface area contributed by atoms with E-state index < -0.39 is 0 Å². The number of nitrogens with zero attached hydrogens (tertiary/aromatic N) is 2. The maximum absolute atomic E-state index is 6.83. The van der Waals surface area contributed by atoms with Gasteiger partial charge in [0.1, 0.15) is 16.8 Å². The number of hydrogen-bond acceptors (Lipinski definition) is 4. The molecule has 11 aromatic rings. The minimum absolute atomic E-state index is 0.559. The predicted octanol–water partition coefficient (Wildman–Crippen LogP) is 14.5. The molecule has 0 aliphatic carbocycles. The Balaban J connectivity index is 1.20. The third-order valence-electron chi connectivity index (χ3n) is 10.7. The Morgan fingerprint density at radius 3 is 1.82 bits per heavy atom. The Morgan fingerprint density at radius 2 is 1.02 bits per heavy atom. The minimum atomic E-state index is 0.559. The molecule has 0 bridgehead atoms. The molecule has 11 rings (SSSR count). The van der Waals surface area contributed by atoms with E-state index in [9.17, 15) is 0 Å². The molecule has 0 radical (unpaired) electrons. The molecule has 0 aliphatic rings. The molecule has 4 heteroatoms. The van der Waals surface area contributed by atoms with Gasteiger partial charge in [-0.05, 0) is 86.8 Å². The Labute approximate surface area is 317 Å². The van der Waals surface area contributed by atoms with Crippen LogP contribution in [0.2, 0.25) is 0 Å². The second-order valence-corrected chi connectivity index (χ2v) is 13.9. The second-order valence-electron chi connectivity index (χ2n) is 13.9. The molecule has 9 aromatic carbocycles. The quantitative estimate of drug-likeness (QED) is 0.162. The lowest BCUT2D eigenvalue weighted by Gasteiger charge is -2.28. The number of furan rings is 1. The van der Waals surface area contributed by atoms with E-state index in [0.717, 1.165) is 66.8 Å². The molecule has 0 saturated heterocycles. The number of anilines is 3. The number of para-hydroxylation sites is 2. The van der Waals surface area contributed by atoms with Crippen LogP contribution in [0.4, 0.5) is 17.1 Å². The van der Waals surface area contributed by atoms with Crippen LogP contribution in [0.15, 0.2) is 203 Å². The molecule has 0 saturated carbocycles. The van der Waals surface area contributed by atoms with E-state index >= 15 is 0 Å². The van der Waals surface area contributed by atoms with Crippen LogP contribution in [0.25, 0.3) is 88.3 Å². The van der Waals surface area contributed by atoms with Crippen molar-refractivity contribution in [1.82, 2.24) is 4.98 Å². The van der Waals surface area contributed by atoms with E-state index in [0.29, 0.717) is 11.5 Å². The van der Waals surface area contributed by atoms with Gasteiger partial charge in [0.05, 0.1) is 5.69 Å². The summed E-state index contributed by atoms with van der Waals surface area (Å²) in [6.07, 6.45) is 0. The average Bonchev–Trinajstić information content (AvgIpc) is 3.86. The summed E-state index contributed by atoms with van der Waals surface area (Å²) in [6, 6.07) is 68.0. The first-order valence-corrected chi connectivity index (χ1v) is 18.5. The summed E-state index contributed by atoms with van der Waals surface area (Å²) in [6.45, 7) is 0. The van der Waals surface area contributed by atoms with Crippen molar-refractivity contribution >= 4 is 71.6 Å². The largest absolute Gasteiger partial charge is 0.454 e. The normalized spacial score (nSPS) is 11.6. The molecule has 55 heavy (non-hydrogen) atoms. The minimum Gasteiger partial charge on any atom is -0.454 e. The summed E-state index contributed by atoms with van der Waals surface area (Å²) in [5, 5.41) is 6.94. The third kappa shape index (κ3) is 5.11. The van der Waals surface area contributed by atoms with Crippen molar-refractivity contribution in [3.63, 3.8) is 0 Å². The number of benzene rings is 9. The van der Waals surface area contributed by atoms with Gasteiger partial charge in [-0.3, -0.25) is 0 Å². The fourth-order valence-electron chi connectivity index (χ4n) is 8.14. The van der Waals surface area contributed by atoms with Gasteiger partial charge >= 0.3 is 0 Å². The standard InChI is InChI=1S/C51H32N2O2/c1-3-15-33(16-4-1)39-21-11-13-25-45(39)53(37-29-27-34(28-30-37)43-31-36-19-7-8-20-38(36)40-22-9-10-23-41(40)43)49-48-47(55-51(52-48)35-17-5-2-6-18-35)32-44-42-24-12-14-26-46(42)54-50(44)49/h1-32H. The van der Waals surface area contributed by atoms with Gasteiger partial charge in [0, 0.05) is 27.6 Å². The average molecular weight is 705 g/mol. The molecule has 2 aromatic heterocycles. The lowest BCUT2D eigenvalue weighted by molar-refractivity contribution is 0.620. The number of oxazole rings is 1. The highest BCUT2D eigenvalue weighted by Gasteiger charge is 2.28. The van der Waals surface area contributed by atoms with Crippen molar-refractivity contribution in [2.75, 3.05) is 4.90 Å². The van der Waals surface area contributed by atoms with Crippen LogP contribution in [-0.2, 0) is 0 Å². The van der Waals surface area contributed by atoms with Gasteiger partial charge in [-0.2, -0.15) is 0 Å². The van der Waals surface area contributed by atoms with E-state index in [1.807, 2.05) is 42.5 Å². The van der Waals surface area contributed by atoms with Crippen molar-refractivity contribution in [2.24, 2.45) is 0 Å². The van der Waals surface area contributed by atoms with Crippen LogP contribution in [0.3, 0.4) is 0 Å². The molecule has 0 fully saturated rings. The Hall–Kier alpha value is -7.43. The molecule has 4 nitrogen and oxygen atoms in total. The van der Waals surface area contributed by atoms with Crippen molar-refractivity contribution < 1.29 is 8.83 Å². The van der Waals surface area contributed by atoms with Crippen molar-refractivity contribution in [3.05, 3.63) is 194 Å². The van der Waals surface area contributed by atoms with Gasteiger partial charge < -0.3 is 13.7 Å². The van der Waals surface area contributed by atoms with Crippen LogP contribution >= 0.6 is 0 Å². The zero-order valence-electron chi connectivity index (χ0n) is 29.7. The first-order valence-electron chi connectivity index (χ1n) is 18.5. The fraction of sp³-hybridized carbons (Fsp3) is 0. The first kappa shape index (κ1) is 31.1. The number of hydrogen-bond donors (Lipinski definition) is 0. The molecule has 0 spiro atoms. The van der Waals surface area contributed by atoms with E-state index in [2.05, 4.69) is 157 Å². The van der Waals surface area contributed by atoms with Crippen LogP contribution in [0.1, 0.15) is 0 Å². The molecule has 0 unspecified atom stereocenters. The summed E-state index contributed by atoms with van der Waals surface area (Å²) < 4.78 is 13.5. The maximum atomic E-state index is 6.83. The number of fused-ring (bicyclic) bond motifs is 7. The second kappa shape index (κ2) is 12.6. The monoisotopic (exact) mass is 704 g/mol. The molecule has 258 valence electrons. The van der Waals surface area contributed by atoms with Gasteiger partial charge in [-0.1, -0.05) is 146 Å². The Kier molecular flexibility index (Phi) is 7.14. The van der Waals surface area contributed by atoms with E-state index in [4.69, 9.17) is 13.8 Å². The zero-order chi connectivity index (χ0) is 36.3. The van der Waals surface area contributed by atoms with Crippen molar-refractivity contribution in [1.29, 1.82) is 0 Å². The first-order chi connectivity index (χ1) is 27.3. The van der Waals surface area contributed by atoms with Gasteiger partial charge in [-0.15, -0.1) is 0 Å². The van der Waals surface area contributed by atoms with E-state index in [1.165, 1.54) is 27.1 Å². The lowest BCUT2D eigenvalue weighted by atomic mass is 9.93. The Morgan fingerprint density at radius 1 is 0.400 bits per heavy atom. The maximum Gasteiger partial charge on any atom is 0.227 e. The van der Waals surface area contributed by atoms with Crippen molar-refractivity contribution in [3.8, 4) is 33.7 Å². The predicted molar refractivity (Wildman–Crippen MR) is 227 cm³/mol. The molecule has 0 aliphatic heterocycles. The van der Waals surface area contributed by atoms with Gasteiger partial charge in [0.25, 0.3) is 0 Å². The van der Waals surface area contributed by atoms with Gasteiger partial charge in [0.15, 0.2) is 11.2 Å². The molecule has 2 heterocycles. The Bertz CT molecular complexity index is 3200. The summed E-state index contributed by atoms with van der Waals surface area (Å²) in [5.41, 5.74) is 11.2. The molecule has 0 N–H and O–H groups in total. The van der Waals surface area contributed by atoms with Gasteiger partial charge in [-0.25, -0.2) is 4.98 Å². The summed E-state index contributed by atoms with van der Waals surface area (Å²) >= 11 is 0. The molecule has 0 amide bonds.